The third-order valence-electron chi connectivity index (χ3n) is 3.08. The summed E-state index contributed by atoms with van der Waals surface area (Å²) in [6.07, 6.45) is 9.04. The van der Waals surface area contributed by atoms with Crippen molar-refractivity contribution in [2.24, 2.45) is 0 Å². The molecule has 1 amide bonds. The molecule has 0 unspecified atom stereocenters. The monoisotopic (exact) mass is 274 g/mol. The number of ether oxygens (including phenoxy) is 1. The Morgan fingerprint density at radius 1 is 1.40 bits per heavy atom. The van der Waals surface area contributed by atoms with Crippen molar-refractivity contribution in [3.05, 3.63) is 47.7 Å². The largest absolute Gasteiger partial charge is 0.504 e. The molecule has 3 N–H and O–H groups in total. The van der Waals surface area contributed by atoms with Gasteiger partial charge in [0.25, 0.3) is 5.91 Å². The summed E-state index contributed by atoms with van der Waals surface area (Å²) < 4.78 is 4.97. The number of benzene rings is 1. The molecule has 1 aromatic carbocycles. The first kappa shape index (κ1) is 14.0. The maximum absolute atomic E-state index is 11.9. The van der Waals surface area contributed by atoms with E-state index < -0.39 is 0 Å². The van der Waals surface area contributed by atoms with Crippen molar-refractivity contribution in [3.63, 3.8) is 0 Å². The van der Waals surface area contributed by atoms with Crippen LogP contribution in [0.4, 0.5) is 0 Å². The van der Waals surface area contributed by atoms with Crippen LogP contribution in [0.15, 0.2) is 42.1 Å². The number of carbonyl (C=O) groups is 1. The molecule has 0 aliphatic heterocycles. The Kier molecular flexibility index (Phi) is 4.65. The quantitative estimate of drug-likeness (QED) is 0.582. The molecule has 5 nitrogen and oxygen atoms in total. The van der Waals surface area contributed by atoms with E-state index in [9.17, 15) is 9.90 Å². The van der Waals surface area contributed by atoms with Gasteiger partial charge in [0.2, 0.25) is 0 Å². The van der Waals surface area contributed by atoms with Crippen molar-refractivity contribution >= 4 is 5.91 Å². The van der Waals surface area contributed by atoms with Crippen LogP contribution in [0.5, 0.6) is 11.5 Å². The van der Waals surface area contributed by atoms with E-state index in [-0.39, 0.29) is 17.4 Å². The molecular weight excluding hydrogens is 256 g/mol. The molecular formula is C15H18N2O3. The first-order valence-electron chi connectivity index (χ1n) is 6.46. The van der Waals surface area contributed by atoms with Gasteiger partial charge in [0.15, 0.2) is 11.5 Å². The standard InChI is InChI=1S/C15H18N2O3/c1-20-14-9-12(7-8-13(14)18)15(19)17-16-10-11-5-3-2-4-6-11/h2-3,7-10,16,18H,4-6H2,1H3,(H,17,19)/b11-10+. The molecule has 20 heavy (non-hydrogen) atoms. The van der Waals surface area contributed by atoms with Crippen molar-refractivity contribution in [2.45, 2.75) is 19.3 Å². The zero-order valence-corrected chi connectivity index (χ0v) is 11.3. The third-order valence-corrected chi connectivity index (χ3v) is 3.08. The lowest BCUT2D eigenvalue weighted by Crippen LogP contribution is -2.33. The molecule has 0 bridgehead atoms. The normalized spacial score (nSPS) is 15.9. The summed E-state index contributed by atoms with van der Waals surface area (Å²) in [4.78, 5) is 11.9. The van der Waals surface area contributed by atoms with Crippen molar-refractivity contribution in [3.8, 4) is 11.5 Å². The van der Waals surface area contributed by atoms with Gasteiger partial charge in [-0.1, -0.05) is 12.2 Å². The van der Waals surface area contributed by atoms with Crippen molar-refractivity contribution < 1.29 is 14.6 Å². The summed E-state index contributed by atoms with van der Waals surface area (Å²) in [6.45, 7) is 0. The zero-order chi connectivity index (χ0) is 14.4. The Bertz CT molecular complexity index is 550. The van der Waals surface area contributed by atoms with Gasteiger partial charge in [-0.2, -0.15) is 0 Å². The first-order chi connectivity index (χ1) is 9.70. The number of allylic oxidation sites excluding steroid dienone is 3. The number of hydrogen-bond acceptors (Lipinski definition) is 4. The number of rotatable bonds is 4. The van der Waals surface area contributed by atoms with Crippen LogP contribution in [0.1, 0.15) is 29.6 Å². The van der Waals surface area contributed by atoms with E-state index >= 15 is 0 Å². The summed E-state index contributed by atoms with van der Waals surface area (Å²) in [5, 5.41) is 9.47. The van der Waals surface area contributed by atoms with Crippen LogP contribution < -0.4 is 15.6 Å². The second kappa shape index (κ2) is 6.65. The summed E-state index contributed by atoms with van der Waals surface area (Å²) in [5.74, 6) is -0.00644. The van der Waals surface area contributed by atoms with Crippen LogP contribution in [0.3, 0.4) is 0 Å². The average Bonchev–Trinajstić information content (AvgIpc) is 2.48. The Balaban J connectivity index is 1.93. The number of nitrogens with one attached hydrogen (secondary N) is 2. The second-order valence-corrected chi connectivity index (χ2v) is 4.50. The molecule has 0 saturated heterocycles. The highest BCUT2D eigenvalue weighted by Gasteiger charge is 2.09. The maximum Gasteiger partial charge on any atom is 0.269 e. The van der Waals surface area contributed by atoms with Crippen molar-refractivity contribution in [2.75, 3.05) is 7.11 Å². The molecule has 1 aromatic rings. The van der Waals surface area contributed by atoms with E-state index in [1.54, 1.807) is 0 Å². The minimum Gasteiger partial charge on any atom is -0.504 e. The molecule has 1 aliphatic rings. The van der Waals surface area contributed by atoms with Gasteiger partial charge in [-0.05, 0) is 43.0 Å². The van der Waals surface area contributed by atoms with Gasteiger partial charge in [0.05, 0.1) is 7.11 Å². The highest BCUT2D eigenvalue weighted by molar-refractivity contribution is 5.94. The number of phenolic OH excluding ortho intramolecular Hbond substituents is 1. The van der Waals surface area contributed by atoms with Crippen LogP contribution in [0, 0.1) is 0 Å². The highest BCUT2D eigenvalue weighted by Crippen LogP contribution is 2.26. The highest BCUT2D eigenvalue weighted by atomic mass is 16.5. The minimum absolute atomic E-state index is 0.00752. The van der Waals surface area contributed by atoms with E-state index in [4.69, 9.17) is 4.74 Å². The molecule has 0 saturated carbocycles. The van der Waals surface area contributed by atoms with E-state index in [2.05, 4.69) is 23.0 Å². The van der Waals surface area contributed by atoms with Crippen LogP contribution in [0.2, 0.25) is 0 Å². The van der Waals surface area contributed by atoms with Crippen LogP contribution in [-0.4, -0.2) is 18.1 Å². The van der Waals surface area contributed by atoms with E-state index in [1.165, 1.54) is 30.9 Å². The van der Waals surface area contributed by atoms with E-state index in [1.807, 2.05) is 6.20 Å². The summed E-state index contributed by atoms with van der Waals surface area (Å²) in [5.41, 5.74) is 7.05. The number of phenols is 1. The van der Waals surface area contributed by atoms with E-state index in [0.717, 1.165) is 19.3 Å². The number of methoxy groups -OCH3 is 1. The Morgan fingerprint density at radius 3 is 2.95 bits per heavy atom. The predicted molar refractivity (Wildman–Crippen MR) is 76.3 cm³/mol. The van der Waals surface area contributed by atoms with Gasteiger partial charge in [0.1, 0.15) is 0 Å². The maximum atomic E-state index is 11.9. The smallest absolute Gasteiger partial charge is 0.269 e. The average molecular weight is 274 g/mol. The molecule has 0 fully saturated rings. The topological polar surface area (TPSA) is 70.6 Å². The fourth-order valence-electron chi connectivity index (χ4n) is 1.95. The third kappa shape index (κ3) is 3.54. The zero-order valence-electron chi connectivity index (χ0n) is 11.3. The summed E-state index contributed by atoms with van der Waals surface area (Å²) >= 11 is 0. The minimum atomic E-state index is -0.286. The first-order valence-corrected chi connectivity index (χ1v) is 6.46. The van der Waals surface area contributed by atoms with Crippen LogP contribution in [-0.2, 0) is 0 Å². The summed E-state index contributed by atoms with van der Waals surface area (Å²) in [7, 11) is 1.44. The van der Waals surface area contributed by atoms with Gasteiger partial charge >= 0.3 is 0 Å². The lowest BCUT2D eigenvalue weighted by Gasteiger charge is -2.11. The van der Waals surface area contributed by atoms with Gasteiger partial charge in [0, 0.05) is 11.8 Å². The number of aromatic hydroxyl groups is 1. The Morgan fingerprint density at radius 2 is 2.25 bits per heavy atom. The second-order valence-electron chi connectivity index (χ2n) is 4.50. The number of amides is 1. The SMILES string of the molecule is COc1cc(C(=O)NN/C=C2\CC=CCC2)ccc1O. The fourth-order valence-corrected chi connectivity index (χ4v) is 1.95. The molecule has 2 rings (SSSR count). The number of carbonyl (C=O) groups excluding carboxylic acids is 1. The molecule has 0 heterocycles. The lowest BCUT2D eigenvalue weighted by atomic mass is 10.0. The molecule has 0 radical (unpaired) electrons. The fraction of sp³-hybridized carbons (Fsp3) is 0.267. The molecule has 106 valence electrons. The molecule has 5 heteroatoms. The lowest BCUT2D eigenvalue weighted by molar-refractivity contribution is 0.0940. The summed E-state index contributed by atoms with van der Waals surface area (Å²) in [6, 6.07) is 4.45. The Labute approximate surface area is 117 Å². The molecule has 0 atom stereocenters. The van der Waals surface area contributed by atoms with Crippen molar-refractivity contribution in [1.82, 2.24) is 10.9 Å². The van der Waals surface area contributed by atoms with Crippen LogP contribution in [0.25, 0.3) is 0 Å². The van der Waals surface area contributed by atoms with Crippen LogP contribution >= 0.6 is 0 Å². The molecule has 1 aliphatic carbocycles. The molecule has 0 aromatic heterocycles. The van der Waals surface area contributed by atoms with E-state index in [0.29, 0.717) is 5.56 Å². The molecule has 0 spiro atoms. The van der Waals surface area contributed by atoms with Gasteiger partial charge in [-0.25, -0.2) is 0 Å². The number of hydrogen-bond donors (Lipinski definition) is 3. The van der Waals surface area contributed by atoms with Crippen molar-refractivity contribution in [1.29, 1.82) is 0 Å². The Hall–Kier alpha value is -2.43. The number of hydrazine groups is 1. The van der Waals surface area contributed by atoms with Gasteiger partial charge < -0.3 is 15.3 Å². The van der Waals surface area contributed by atoms with Gasteiger partial charge in [-0.15, -0.1) is 0 Å². The predicted octanol–water partition coefficient (Wildman–Crippen LogP) is 2.26. The van der Waals surface area contributed by atoms with Gasteiger partial charge in [-0.3, -0.25) is 10.2 Å².